The number of imidazole rings is 2. The molecule has 0 aliphatic carbocycles. The summed E-state index contributed by atoms with van der Waals surface area (Å²) in [6.45, 7) is -2.02. The molecule has 0 atom stereocenters. The number of hydrogen-bond donors (Lipinski definition) is 8. The van der Waals surface area contributed by atoms with Crippen molar-refractivity contribution < 1.29 is 46.4 Å². The molecule has 0 spiro atoms. The summed E-state index contributed by atoms with van der Waals surface area (Å²) in [6.07, 6.45) is 0.636. The predicted octanol–water partition coefficient (Wildman–Crippen LogP) is 8.99. The van der Waals surface area contributed by atoms with Gasteiger partial charge in [0.25, 0.3) is 0 Å². The van der Waals surface area contributed by atoms with Crippen molar-refractivity contribution in [3.05, 3.63) is 148 Å². The zero-order valence-corrected chi connectivity index (χ0v) is 30.0. The molecule has 18 heteroatoms. The average Bonchev–Trinajstić information content (AvgIpc) is 3.96. The summed E-state index contributed by atoms with van der Waals surface area (Å²) in [4.78, 5) is 21.8. The number of alkyl halides is 5. The van der Waals surface area contributed by atoms with Crippen LogP contribution in [0.25, 0.3) is 28.2 Å². The van der Waals surface area contributed by atoms with Crippen molar-refractivity contribution in [1.29, 1.82) is 0 Å². The maximum Gasteiger partial charge on any atom is 0.573 e. The number of carboxylic acids is 1. The van der Waals surface area contributed by atoms with Crippen LogP contribution in [-0.2, 0) is 6.61 Å². The third kappa shape index (κ3) is 14.3. The highest BCUT2D eigenvalue weighted by Gasteiger charge is 2.31. The first-order chi connectivity index (χ1) is 26.3. The number of aliphatic hydroxyl groups is 1. The van der Waals surface area contributed by atoms with E-state index >= 15 is 0 Å². The number of benzene rings is 4. The normalized spacial score (nSPS) is 11.6. The molecule has 0 radical (unpaired) electrons. The largest absolute Gasteiger partial charge is 0.573 e. The molecule has 11 nitrogen and oxygen atoms in total. The third-order valence-corrected chi connectivity index (χ3v) is 7.52. The molecule has 1 aliphatic heterocycles. The quantitative estimate of drug-likeness (QED) is 0.0555. The van der Waals surface area contributed by atoms with Crippen LogP contribution in [0.5, 0.6) is 11.5 Å². The van der Waals surface area contributed by atoms with Crippen molar-refractivity contribution in [3.8, 4) is 34.0 Å². The third-order valence-electron chi connectivity index (χ3n) is 7.08. The lowest BCUT2D eigenvalue weighted by Gasteiger charge is -2.08. The minimum absolute atomic E-state index is 0.0728. The molecule has 4 aromatic carbocycles. The Hall–Kier alpha value is -6.24. The summed E-state index contributed by atoms with van der Waals surface area (Å²) in [5.41, 5.74) is 6.54. The van der Waals surface area contributed by atoms with E-state index in [0.29, 0.717) is 33.0 Å². The van der Waals surface area contributed by atoms with Crippen LogP contribution in [0.2, 0.25) is 0 Å². The van der Waals surface area contributed by atoms with Crippen molar-refractivity contribution in [2.45, 2.75) is 19.6 Å². The monoisotopic (exact) mass is 800 g/mol. The van der Waals surface area contributed by atoms with Crippen LogP contribution in [0.1, 0.15) is 21.5 Å². The van der Waals surface area contributed by atoms with Gasteiger partial charge in [-0.05, 0) is 107 Å². The first-order valence-corrected chi connectivity index (χ1v) is 16.7. The Bertz CT molecular complexity index is 2220. The zero-order chi connectivity index (χ0) is 39.8. The Morgan fingerprint density at radius 1 is 0.745 bits per heavy atom. The number of H-pyrrole nitrogens is 4. The molecule has 0 saturated heterocycles. The minimum Gasteiger partial charge on any atom is -0.478 e. The second-order valence-electron chi connectivity index (χ2n) is 10.9. The minimum atomic E-state index is -4.67. The molecule has 6 aromatic rings. The maximum absolute atomic E-state index is 11.9. The number of carboxylic acid groups (broad SMARTS) is 1. The Morgan fingerprint density at radius 3 is 1.65 bits per heavy atom. The smallest absolute Gasteiger partial charge is 0.478 e. The van der Waals surface area contributed by atoms with Crippen LogP contribution < -0.4 is 20.1 Å². The first-order valence-electron chi connectivity index (χ1n) is 15.9. The summed E-state index contributed by atoms with van der Waals surface area (Å²) in [6, 6.07) is 27.9. The number of rotatable bonds is 8. The van der Waals surface area contributed by atoms with Crippen LogP contribution in [0.3, 0.4) is 0 Å². The van der Waals surface area contributed by atoms with Crippen molar-refractivity contribution in [2.75, 3.05) is 6.67 Å². The standard InChI is InChI=1S/C10H7F3N2OS.C10H10F2N2O.C10H10N2OS.C7H6O2/c11-10(12,13)16-7-3-1-6(2-4-7)8-5-14-9(17)15-8;11-10(12)15-8-3-1-7(2-4-8)9-5-13-6-14-9;13-6-7-1-3-8(4-2-7)9-5-11-10(14)12-9;8-7(9)6-4-2-1-3-5-6/h1-5H,(H2,14,15,17);1-5,10,13-14H,6H2;1-5,13H,6H2,(H2,11,12,14);1-5H,(H,8,9). The molecule has 3 heterocycles. The number of hydrogen-bond acceptors (Lipinski definition) is 8. The van der Waals surface area contributed by atoms with Crippen molar-refractivity contribution in [3.63, 3.8) is 0 Å². The van der Waals surface area contributed by atoms with E-state index in [0.717, 1.165) is 28.1 Å². The number of halogens is 5. The molecule has 8 N–H and O–H groups in total. The van der Waals surface area contributed by atoms with Gasteiger partial charge in [0.15, 0.2) is 9.54 Å². The number of carbonyl (C=O) groups is 1. The van der Waals surface area contributed by atoms with Crippen LogP contribution in [0.4, 0.5) is 22.0 Å². The van der Waals surface area contributed by atoms with Crippen molar-refractivity contribution in [1.82, 2.24) is 30.6 Å². The fourth-order valence-corrected chi connectivity index (χ4v) is 4.87. The van der Waals surface area contributed by atoms with E-state index in [9.17, 15) is 26.7 Å². The number of aromatic amines is 4. The van der Waals surface area contributed by atoms with Gasteiger partial charge < -0.3 is 50.3 Å². The molecule has 0 saturated carbocycles. The molecular weight excluding hydrogens is 768 g/mol. The predicted molar refractivity (Wildman–Crippen MR) is 201 cm³/mol. The van der Waals surface area contributed by atoms with E-state index in [1.807, 2.05) is 36.7 Å². The zero-order valence-electron chi connectivity index (χ0n) is 28.4. The van der Waals surface area contributed by atoms with Gasteiger partial charge in [-0.2, -0.15) is 8.78 Å². The van der Waals surface area contributed by atoms with E-state index in [1.54, 1.807) is 48.7 Å². The van der Waals surface area contributed by atoms with E-state index in [2.05, 4.69) is 40.0 Å². The molecular formula is C37H33F5N6O5S2. The van der Waals surface area contributed by atoms with Crippen LogP contribution in [0.15, 0.2) is 122 Å². The first kappa shape index (κ1) is 41.5. The van der Waals surface area contributed by atoms with Gasteiger partial charge in [0, 0.05) is 18.6 Å². The molecule has 1 aliphatic rings. The number of nitrogens with one attached hydrogen (secondary N) is 6. The topological polar surface area (TPSA) is 163 Å². The summed E-state index contributed by atoms with van der Waals surface area (Å²) < 4.78 is 68.6. The molecule has 2 aromatic heterocycles. The highest BCUT2D eigenvalue weighted by Crippen LogP contribution is 2.25. The molecule has 0 unspecified atom stereocenters. The number of aromatic nitrogens is 4. The lowest BCUT2D eigenvalue weighted by molar-refractivity contribution is -0.274. The molecule has 7 rings (SSSR count). The molecule has 288 valence electrons. The summed E-state index contributed by atoms with van der Waals surface area (Å²) >= 11 is 9.78. The van der Waals surface area contributed by atoms with Gasteiger partial charge in [-0.25, -0.2) is 4.79 Å². The summed E-state index contributed by atoms with van der Waals surface area (Å²) in [5, 5.41) is 23.3. The van der Waals surface area contributed by atoms with Crippen molar-refractivity contribution in [2.24, 2.45) is 0 Å². The fourth-order valence-electron chi connectivity index (χ4n) is 4.53. The second kappa shape index (κ2) is 20.3. The Labute approximate surface area is 320 Å². The number of aromatic carboxylic acids is 1. The van der Waals surface area contributed by atoms with Gasteiger partial charge in [-0.15, -0.1) is 13.2 Å². The van der Waals surface area contributed by atoms with Gasteiger partial charge in [0.05, 0.1) is 35.9 Å². The van der Waals surface area contributed by atoms with Gasteiger partial charge in [0.2, 0.25) is 0 Å². The van der Waals surface area contributed by atoms with E-state index in [1.165, 1.54) is 36.4 Å². The molecule has 0 bridgehead atoms. The van der Waals surface area contributed by atoms with E-state index < -0.39 is 18.9 Å². The average molecular weight is 801 g/mol. The van der Waals surface area contributed by atoms with E-state index in [-0.39, 0.29) is 18.1 Å². The fraction of sp³-hybridized carbons (Fsp3) is 0.108. The Kier molecular flexibility index (Phi) is 15.3. The maximum atomic E-state index is 11.9. The van der Waals surface area contributed by atoms with E-state index in [4.69, 9.17) is 34.6 Å². The van der Waals surface area contributed by atoms with Crippen LogP contribution in [0, 0.1) is 9.54 Å². The van der Waals surface area contributed by atoms with Gasteiger partial charge >= 0.3 is 18.9 Å². The van der Waals surface area contributed by atoms with Crippen molar-refractivity contribution >= 4 is 36.1 Å². The van der Waals surface area contributed by atoms with Crippen LogP contribution >= 0.6 is 24.4 Å². The number of ether oxygens (including phenoxy) is 2. The lowest BCUT2D eigenvalue weighted by atomic mass is 10.1. The van der Waals surface area contributed by atoms with Gasteiger partial charge in [-0.1, -0.05) is 42.5 Å². The SMILES string of the molecule is FC(F)(F)Oc1ccc(-c2c[nH]c(=S)[nH]2)cc1.FC(F)Oc1ccc(C2=CNCN2)cc1.O=C(O)c1ccccc1.OCc1ccc(-c2c[nH]c(=S)[nH]2)cc1. The Balaban J connectivity index is 0.000000166. The number of aliphatic hydroxyl groups excluding tert-OH is 1. The summed E-state index contributed by atoms with van der Waals surface area (Å²) in [5.74, 6) is -0.966. The van der Waals surface area contributed by atoms with Gasteiger partial charge in [0.1, 0.15) is 11.5 Å². The van der Waals surface area contributed by atoms with Gasteiger partial charge in [-0.3, -0.25) is 0 Å². The van der Waals surface area contributed by atoms with Crippen LogP contribution in [-0.4, -0.2) is 55.8 Å². The summed E-state index contributed by atoms with van der Waals surface area (Å²) in [7, 11) is 0. The second-order valence-corrected chi connectivity index (χ2v) is 11.7. The Morgan fingerprint density at radius 2 is 1.25 bits per heavy atom. The molecule has 0 amide bonds. The highest BCUT2D eigenvalue weighted by atomic mass is 32.1. The lowest BCUT2D eigenvalue weighted by Crippen LogP contribution is -2.16. The molecule has 55 heavy (non-hydrogen) atoms. The highest BCUT2D eigenvalue weighted by molar-refractivity contribution is 7.71. The molecule has 0 fully saturated rings.